The van der Waals surface area contributed by atoms with Crippen molar-refractivity contribution in [3.8, 4) is 5.69 Å². The first-order valence-electron chi connectivity index (χ1n) is 10.3. The molecule has 3 aromatic rings. The summed E-state index contributed by atoms with van der Waals surface area (Å²) >= 11 is 0. The fourth-order valence-electron chi connectivity index (χ4n) is 3.52. The molecule has 0 aliphatic carbocycles. The molecule has 1 saturated heterocycles. The van der Waals surface area contributed by atoms with Gasteiger partial charge in [0.05, 0.1) is 30.2 Å². The molecule has 9 nitrogen and oxygen atoms in total. The van der Waals surface area contributed by atoms with Crippen LogP contribution < -0.4 is 0 Å². The lowest BCUT2D eigenvalue weighted by molar-refractivity contribution is -0.192. The fraction of sp³-hybridized carbons (Fsp3) is 0.429. The van der Waals surface area contributed by atoms with E-state index in [2.05, 4.69) is 49.2 Å². The lowest BCUT2D eigenvalue weighted by Crippen LogP contribution is -2.34. The van der Waals surface area contributed by atoms with E-state index in [1.807, 2.05) is 23.1 Å². The zero-order chi connectivity index (χ0) is 24.0. The minimum Gasteiger partial charge on any atom is -0.475 e. The predicted molar refractivity (Wildman–Crippen MR) is 111 cm³/mol. The summed E-state index contributed by atoms with van der Waals surface area (Å²) in [5.74, 6) is -2.76. The normalized spacial score (nSPS) is 16.2. The topological polar surface area (TPSA) is 109 Å². The molecular formula is C21H25F3N6O3. The second kappa shape index (κ2) is 10.6. The number of aliphatic hydroxyl groups is 1. The Balaban J connectivity index is 0.000000383. The Kier molecular flexibility index (Phi) is 7.82. The van der Waals surface area contributed by atoms with Crippen LogP contribution in [0, 0.1) is 0 Å². The molecule has 1 fully saturated rings. The van der Waals surface area contributed by atoms with E-state index in [0.29, 0.717) is 11.7 Å². The van der Waals surface area contributed by atoms with Crippen molar-refractivity contribution < 1.29 is 28.2 Å². The molecule has 12 heteroatoms. The number of carboxylic acids is 1. The zero-order valence-electron chi connectivity index (χ0n) is 17.9. The molecule has 2 N–H and O–H groups in total. The third-order valence-corrected chi connectivity index (χ3v) is 5.27. The third-order valence-electron chi connectivity index (χ3n) is 5.27. The quantitative estimate of drug-likeness (QED) is 0.595. The van der Waals surface area contributed by atoms with Gasteiger partial charge in [0.15, 0.2) is 0 Å². The van der Waals surface area contributed by atoms with E-state index >= 15 is 0 Å². The number of alkyl halides is 3. The van der Waals surface area contributed by atoms with Gasteiger partial charge in [-0.3, -0.25) is 9.88 Å². The molecule has 178 valence electrons. The van der Waals surface area contributed by atoms with Crippen LogP contribution in [0.4, 0.5) is 13.2 Å². The predicted octanol–water partition coefficient (Wildman–Crippen LogP) is 2.99. The summed E-state index contributed by atoms with van der Waals surface area (Å²) in [5, 5.41) is 25.0. The highest BCUT2D eigenvalue weighted by atomic mass is 19.4. The van der Waals surface area contributed by atoms with Crippen molar-refractivity contribution in [1.82, 2.24) is 29.4 Å². The van der Waals surface area contributed by atoms with E-state index in [9.17, 15) is 18.3 Å². The van der Waals surface area contributed by atoms with Gasteiger partial charge >= 0.3 is 12.1 Å². The first-order valence-corrected chi connectivity index (χ1v) is 10.3. The Morgan fingerprint density at radius 1 is 1.24 bits per heavy atom. The van der Waals surface area contributed by atoms with Crippen LogP contribution in [0.3, 0.4) is 0 Å². The van der Waals surface area contributed by atoms with Crippen LogP contribution in [-0.2, 0) is 11.3 Å². The van der Waals surface area contributed by atoms with Crippen LogP contribution in [0.15, 0.2) is 49.1 Å². The van der Waals surface area contributed by atoms with Crippen molar-refractivity contribution in [2.75, 3.05) is 13.1 Å². The molecule has 0 bridgehead atoms. The van der Waals surface area contributed by atoms with Crippen LogP contribution >= 0.6 is 0 Å². The number of likely N-dealkylation sites (tertiary alicyclic amines) is 1. The molecule has 1 aliphatic heterocycles. The molecule has 4 rings (SSSR count). The summed E-state index contributed by atoms with van der Waals surface area (Å²) < 4.78 is 35.9. The van der Waals surface area contributed by atoms with Crippen LogP contribution in [0.1, 0.15) is 43.3 Å². The van der Waals surface area contributed by atoms with Gasteiger partial charge in [0, 0.05) is 37.7 Å². The molecule has 1 aliphatic rings. The number of hydrogen-bond acceptors (Lipinski definition) is 6. The number of nitrogens with zero attached hydrogens (tertiary/aromatic N) is 6. The summed E-state index contributed by atoms with van der Waals surface area (Å²) in [7, 11) is 0. The van der Waals surface area contributed by atoms with Gasteiger partial charge in [0.25, 0.3) is 0 Å². The van der Waals surface area contributed by atoms with Gasteiger partial charge in [-0.1, -0.05) is 5.21 Å². The number of aliphatic carboxylic acids is 1. The molecule has 0 radical (unpaired) electrons. The van der Waals surface area contributed by atoms with Gasteiger partial charge in [-0.25, -0.2) is 9.48 Å². The van der Waals surface area contributed by atoms with Crippen molar-refractivity contribution in [3.63, 3.8) is 0 Å². The maximum Gasteiger partial charge on any atom is 0.490 e. The van der Waals surface area contributed by atoms with E-state index < -0.39 is 18.2 Å². The molecule has 4 heterocycles. The first-order chi connectivity index (χ1) is 15.6. The Hall–Kier alpha value is -3.25. The molecule has 33 heavy (non-hydrogen) atoms. The summed E-state index contributed by atoms with van der Waals surface area (Å²) in [6.45, 7) is 4.68. The van der Waals surface area contributed by atoms with E-state index in [1.165, 1.54) is 5.69 Å². The van der Waals surface area contributed by atoms with E-state index in [-0.39, 0.29) is 0 Å². The van der Waals surface area contributed by atoms with Crippen molar-refractivity contribution in [3.05, 3.63) is 60.4 Å². The van der Waals surface area contributed by atoms with Gasteiger partial charge in [0.2, 0.25) is 0 Å². The number of aromatic nitrogens is 5. The molecule has 1 unspecified atom stereocenters. The van der Waals surface area contributed by atoms with Gasteiger partial charge in [0.1, 0.15) is 5.69 Å². The summed E-state index contributed by atoms with van der Waals surface area (Å²) in [6.07, 6.45) is 4.08. The summed E-state index contributed by atoms with van der Waals surface area (Å²) in [4.78, 5) is 15.6. The van der Waals surface area contributed by atoms with Crippen LogP contribution in [-0.4, -0.2) is 64.9 Å². The highest BCUT2D eigenvalue weighted by Crippen LogP contribution is 2.24. The zero-order valence-corrected chi connectivity index (χ0v) is 17.9. The molecule has 0 spiro atoms. The highest BCUT2D eigenvalue weighted by Gasteiger charge is 2.38. The standard InChI is InChI=1S/C19H24N6O.C2HF3O2/c1-15(26)19-14-25(22-21-19)16-6-10-23(11-7-16)13-18-5-3-9-24(18)17-4-2-8-20-12-17;3-2(4,5)1(6)7/h2-5,8-9,12,14-16,26H,6-7,10-11,13H2,1H3;(H,6,7). The van der Waals surface area contributed by atoms with Crippen molar-refractivity contribution in [2.45, 2.75) is 44.6 Å². The van der Waals surface area contributed by atoms with Gasteiger partial charge < -0.3 is 14.8 Å². The van der Waals surface area contributed by atoms with Crippen LogP contribution in [0.2, 0.25) is 0 Å². The van der Waals surface area contributed by atoms with Crippen molar-refractivity contribution >= 4 is 5.97 Å². The average Bonchev–Trinajstić information content (AvgIpc) is 3.45. The number of aliphatic hydroxyl groups excluding tert-OH is 1. The molecule has 0 saturated carbocycles. The summed E-state index contributed by atoms with van der Waals surface area (Å²) in [6, 6.07) is 8.65. The number of pyridine rings is 1. The fourth-order valence-corrected chi connectivity index (χ4v) is 3.52. The average molecular weight is 466 g/mol. The second-order valence-electron chi connectivity index (χ2n) is 7.69. The SMILES string of the molecule is CC(O)c1cn(C2CCN(Cc3cccn3-c3cccnc3)CC2)nn1.O=C(O)C(F)(F)F. The van der Waals surface area contributed by atoms with Crippen LogP contribution in [0.25, 0.3) is 5.69 Å². The first kappa shape index (κ1) is 24.4. The Morgan fingerprint density at radius 3 is 2.48 bits per heavy atom. The second-order valence-corrected chi connectivity index (χ2v) is 7.69. The molecule has 0 amide bonds. The Labute approximate surface area is 188 Å². The van der Waals surface area contributed by atoms with Gasteiger partial charge in [-0.2, -0.15) is 13.2 Å². The number of carbonyl (C=O) groups is 1. The van der Waals surface area contributed by atoms with Gasteiger partial charge in [-0.15, -0.1) is 5.10 Å². The lowest BCUT2D eigenvalue weighted by Gasteiger charge is -2.32. The Morgan fingerprint density at radius 2 is 1.94 bits per heavy atom. The maximum absolute atomic E-state index is 10.6. The number of hydrogen-bond donors (Lipinski definition) is 2. The van der Waals surface area contributed by atoms with Crippen molar-refractivity contribution in [2.24, 2.45) is 0 Å². The molecule has 1 atom stereocenters. The minimum atomic E-state index is -5.08. The minimum absolute atomic E-state index is 0.358. The summed E-state index contributed by atoms with van der Waals surface area (Å²) in [5.41, 5.74) is 3.01. The van der Waals surface area contributed by atoms with E-state index in [1.54, 1.807) is 13.1 Å². The van der Waals surface area contributed by atoms with E-state index in [0.717, 1.165) is 38.2 Å². The maximum atomic E-state index is 10.6. The smallest absolute Gasteiger partial charge is 0.475 e. The van der Waals surface area contributed by atoms with E-state index in [4.69, 9.17) is 9.90 Å². The molecular weight excluding hydrogens is 441 g/mol. The highest BCUT2D eigenvalue weighted by molar-refractivity contribution is 5.73. The van der Waals surface area contributed by atoms with Crippen LogP contribution in [0.5, 0.6) is 0 Å². The molecule has 0 aromatic carbocycles. The number of halogens is 3. The lowest BCUT2D eigenvalue weighted by atomic mass is 10.1. The number of piperidine rings is 1. The molecule has 3 aromatic heterocycles. The van der Waals surface area contributed by atoms with Crippen molar-refractivity contribution in [1.29, 1.82) is 0 Å². The Bertz CT molecular complexity index is 1030. The monoisotopic (exact) mass is 466 g/mol. The largest absolute Gasteiger partial charge is 0.490 e. The van der Waals surface area contributed by atoms with Gasteiger partial charge in [-0.05, 0) is 44.0 Å². The number of carboxylic acid groups (broad SMARTS) is 1. The number of rotatable bonds is 5. The third kappa shape index (κ3) is 6.62.